The number of amides is 1. The third kappa shape index (κ3) is 3.70. The Morgan fingerprint density at radius 2 is 1.77 bits per heavy atom. The summed E-state index contributed by atoms with van der Waals surface area (Å²) in [4.78, 5) is 16.8. The molecule has 0 bridgehead atoms. The quantitative estimate of drug-likeness (QED) is 0.828. The SMILES string of the molecule is CCN(CC)C(=O)c1ccc(C2=CC3(CCN(C)CC3)Oc3cccc(O)c32)cc1. The van der Waals surface area contributed by atoms with Crippen molar-refractivity contribution in [3.05, 3.63) is 65.2 Å². The normalized spacial score (nSPS) is 17.8. The number of nitrogens with zero attached hydrogens (tertiary/aromatic N) is 2. The molecule has 2 aromatic carbocycles. The standard InChI is InChI=1S/C25H30N2O3/c1-4-27(5-2)24(29)19-11-9-18(10-12-19)20-17-25(13-15-26(3)16-14-25)30-22-8-6-7-21(28)23(20)22/h6-12,17,28H,4-5,13-16H2,1-3H3. The van der Waals surface area contributed by atoms with Crippen LogP contribution in [0.15, 0.2) is 48.5 Å². The lowest BCUT2D eigenvalue weighted by Crippen LogP contribution is -2.46. The highest BCUT2D eigenvalue weighted by Gasteiger charge is 2.39. The Kier molecular flexibility index (Phi) is 5.56. The third-order valence-corrected chi connectivity index (χ3v) is 6.32. The lowest BCUT2D eigenvalue weighted by Gasteiger charge is -2.42. The minimum Gasteiger partial charge on any atom is -0.507 e. The number of fused-ring (bicyclic) bond motifs is 1. The molecule has 0 aromatic heterocycles. The summed E-state index contributed by atoms with van der Waals surface area (Å²) in [6, 6.07) is 13.2. The fourth-order valence-corrected chi connectivity index (χ4v) is 4.42. The summed E-state index contributed by atoms with van der Waals surface area (Å²) in [7, 11) is 2.13. The second-order valence-corrected chi connectivity index (χ2v) is 8.23. The summed E-state index contributed by atoms with van der Waals surface area (Å²) < 4.78 is 6.44. The number of phenolic OH excluding ortho intramolecular Hbond substituents is 1. The largest absolute Gasteiger partial charge is 0.507 e. The monoisotopic (exact) mass is 406 g/mol. The number of hydrogen-bond acceptors (Lipinski definition) is 4. The van der Waals surface area contributed by atoms with Crippen molar-refractivity contribution in [3.63, 3.8) is 0 Å². The zero-order chi connectivity index (χ0) is 21.3. The Morgan fingerprint density at radius 3 is 2.40 bits per heavy atom. The van der Waals surface area contributed by atoms with Crippen molar-refractivity contribution < 1.29 is 14.6 Å². The number of carbonyl (C=O) groups excluding carboxylic acids is 1. The van der Waals surface area contributed by atoms with Crippen LogP contribution in [-0.4, -0.2) is 59.6 Å². The van der Waals surface area contributed by atoms with Crippen LogP contribution in [0.25, 0.3) is 5.57 Å². The van der Waals surface area contributed by atoms with Crippen LogP contribution in [0, 0.1) is 0 Å². The molecule has 2 aliphatic heterocycles. The van der Waals surface area contributed by atoms with Crippen molar-refractivity contribution in [2.24, 2.45) is 0 Å². The number of benzene rings is 2. The number of piperidine rings is 1. The molecule has 0 atom stereocenters. The van der Waals surface area contributed by atoms with Gasteiger partial charge in [-0.1, -0.05) is 18.2 Å². The number of hydrogen-bond donors (Lipinski definition) is 1. The van der Waals surface area contributed by atoms with Crippen LogP contribution in [0.4, 0.5) is 0 Å². The molecule has 1 N–H and O–H groups in total. The fraction of sp³-hybridized carbons (Fsp3) is 0.400. The molecule has 158 valence electrons. The highest BCUT2D eigenvalue weighted by Crippen LogP contribution is 2.46. The van der Waals surface area contributed by atoms with E-state index in [2.05, 4.69) is 18.0 Å². The van der Waals surface area contributed by atoms with Crippen LogP contribution >= 0.6 is 0 Å². The molecule has 2 aromatic rings. The first kappa shape index (κ1) is 20.5. The van der Waals surface area contributed by atoms with Crippen LogP contribution in [0.2, 0.25) is 0 Å². The van der Waals surface area contributed by atoms with Gasteiger partial charge in [0.25, 0.3) is 5.91 Å². The van der Waals surface area contributed by atoms with Gasteiger partial charge in [-0.15, -0.1) is 0 Å². The summed E-state index contributed by atoms with van der Waals surface area (Å²) in [5.74, 6) is 0.979. The molecule has 1 saturated heterocycles. The van der Waals surface area contributed by atoms with E-state index in [1.54, 1.807) is 6.07 Å². The minimum atomic E-state index is -0.363. The van der Waals surface area contributed by atoms with E-state index >= 15 is 0 Å². The number of carbonyl (C=O) groups is 1. The maximum Gasteiger partial charge on any atom is 0.253 e. The molecule has 0 saturated carbocycles. The molecule has 4 rings (SSSR count). The van der Waals surface area contributed by atoms with Crippen molar-refractivity contribution in [2.45, 2.75) is 32.3 Å². The van der Waals surface area contributed by atoms with Gasteiger partial charge in [-0.05, 0) is 62.4 Å². The Hall–Kier alpha value is -2.79. The molecule has 2 aliphatic rings. The van der Waals surface area contributed by atoms with Gasteiger partial charge in [-0.25, -0.2) is 0 Å². The summed E-state index contributed by atoms with van der Waals surface area (Å²) in [5.41, 5.74) is 3.00. The van der Waals surface area contributed by atoms with E-state index in [4.69, 9.17) is 4.74 Å². The smallest absolute Gasteiger partial charge is 0.253 e. The lowest BCUT2D eigenvalue weighted by molar-refractivity contribution is 0.0465. The summed E-state index contributed by atoms with van der Waals surface area (Å²) in [6.07, 6.45) is 3.99. The molecule has 0 aliphatic carbocycles. The molecular weight excluding hydrogens is 376 g/mol. The van der Waals surface area contributed by atoms with E-state index in [0.29, 0.717) is 18.7 Å². The number of aromatic hydroxyl groups is 1. The molecule has 2 heterocycles. The van der Waals surface area contributed by atoms with Gasteiger partial charge in [0.05, 0.1) is 5.56 Å². The molecule has 0 radical (unpaired) electrons. The number of likely N-dealkylation sites (tertiary alicyclic amines) is 1. The van der Waals surface area contributed by atoms with Gasteiger partial charge in [-0.3, -0.25) is 4.79 Å². The number of ether oxygens (including phenoxy) is 1. The predicted octanol–water partition coefficient (Wildman–Crippen LogP) is 4.16. The second-order valence-electron chi connectivity index (χ2n) is 8.23. The highest BCUT2D eigenvalue weighted by atomic mass is 16.5. The average molecular weight is 407 g/mol. The van der Waals surface area contributed by atoms with Crippen LogP contribution in [0.1, 0.15) is 48.2 Å². The Morgan fingerprint density at radius 1 is 1.10 bits per heavy atom. The van der Waals surface area contributed by atoms with E-state index in [1.807, 2.05) is 55.1 Å². The van der Waals surface area contributed by atoms with Gasteiger partial charge in [0, 0.05) is 44.6 Å². The maximum atomic E-state index is 12.7. The first-order valence-electron chi connectivity index (χ1n) is 10.8. The van der Waals surface area contributed by atoms with Crippen molar-refractivity contribution in [3.8, 4) is 11.5 Å². The second kappa shape index (κ2) is 8.15. The molecule has 1 amide bonds. The predicted molar refractivity (Wildman–Crippen MR) is 119 cm³/mol. The van der Waals surface area contributed by atoms with Crippen molar-refractivity contribution in [1.82, 2.24) is 9.80 Å². The van der Waals surface area contributed by atoms with E-state index in [1.165, 1.54) is 0 Å². The molecular formula is C25H30N2O3. The molecule has 5 nitrogen and oxygen atoms in total. The maximum absolute atomic E-state index is 12.7. The van der Waals surface area contributed by atoms with Crippen LogP contribution in [0.3, 0.4) is 0 Å². The van der Waals surface area contributed by atoms with E-state index in [0.717, 1.165) is 48.4 Å². The van der Waals surface area contributed by atoms with Gasteiger partial charge in [0.15, 0.2) is 0 Å². The zero-order valence-electron chi connectivity index (χ0n) is 18.0. The topological polar surface area (TPSA) is 53.0 Å². The molecule has 30 heavy (non-hydrogen) atoms. The molecule has 1 fully saturated rings. The van der Waals surface area contributed by atoms with Gasteiger partial charge in [0.1, 0.15) is 17.1 Å². The Balaban J connectivity index is 1.74. The Bertz CT molecular complexity index is 953. The van der Waals surface area contributed by atoms with Crippen LogP contribution in [-0.2, 0) is 0 Å². The van der Waals surface area contributed by atoms with Gasteiger partial charge in [-0.2, -0.15) is 0 Å². The number of rotatable bonds is 4. The fourth-order valence-electron chi connectivity index (χ4n) is 4.42. The van der Waals surface area contributed by atoms with Crippen molar-refractivity contribution in [1.29, 1.82) is 0 Å². The van der Waals surface area contributed by atoms with Gasteiger partial charge in [0.2, 0.25) is 0 Å². The number of phenols is 1. The zero-order valence-corrected chi connectivity index (χ0v) is 18.0. The first-order valence-corrected chi connectivity index (χ1v) is 10.8. The summed E-state index contributed by atoms with van der Waals surface area (Å²) in [5, 5.41) is 10.6. The minimum absolute atomic E-state index is 0.0440. The van der Waals surface area contributed by atoms with Crippen LogP contribution in [0.5, 0.6) is 11.5 Å². The van der Waals surface area contributed by atoms with Crippen molar-refractivity contribution >= 4 is 11.5 Å². The summed E-state index contributed by atoms with van der Waals surface area (Å²) in [6.45, 7) is 7.30. The van der Waals surface area contributed by atoms with E-state index < -0.39 is 0 Å². The van der Waals surface area contributed by atoms with Gasteiger partial charge < -0.3 is 19.6 Å². The van der Waals surface area contributed by atoms with Crippen LogP contribution < -0.4 is 4.74 Å². The van der Waals surface area contributed by atoms with E-state index in [9.17, 15) is 9.90 Å². The Labute approximate surface area is 178 Å². The summed E-state index contributed by atoms with van der Waals surface area (Å²) >= 11 is 0. The molecule has 0 unspecified atom stereocenters. The highest BCUT2D eigenvalue weighted by molar-refractivity contribution is 5.95. The molecule has 1 spiro atoms. The molecule has 5 heteroatoms. The average Bonchev–Trinajstić information content (AvgIpc) is 2.76. The van der Waals surface area contributed by atoms with Crippen molar-refractivity contribution in [2.75, 3.05) is 33.2 Å². The lowest BCUT2D eigenvalue weighted by atomic mass is 9.82. The van der Waals surface area contributed by atoms with Gasteiger partial charge >= 0.3 is 0 Å². The van der Waals surface area contributed by atoms with E-state index in [-0.39, 0.29) is 17.3 Å². The first-order chi connectivity index (χ1) is 14.5. The third-order valence-electron chi connectivity index (χ3n) is 6.32.